The Kier molecular flexibility index (Phi) is 9.02. The zero-order chi connectivity index (χ0) is 30.5. The lowest BCUT2D eigenvalue weighted by Crippen LogP contribution is -2.47. The van der Waals surface area contributed by atoms with Gasteiger partial charge < -0.3 is 21.3 Å². The number of nitrogens with two attached hydrogens (primary N) is 1. The number of piperidine rings is 3. The molecule has 5 N–H and O–H groups in total. The van der Waals surface area contributed by atoms with E-state index in [1.54, 1.807) is 6.20 Å². The van der Waals surface area contributed by atoms with Gasteiger partial charge in [-0.2, -0.15) is 0 Å². The van der Waals surface area contributed by atoms with Crippen LogP contribution in [0.4, 0.5) is 23.0 Å². The number of imide groups is 1. The molecule has 11 nitrogen and oxygen atoms in total. The number of nitrogens with zero attached hydrogens (tertiary/aromatic N) is 4. The first-order valence-corrected chi connectivity index (χ1v) is 15.6. The Bertz CT molecular complexity index is 1500. The molecule has 1 aromatic heterocycles. The van der Waals surface area contributed by atoms with Crippen LogP contribution in [0.1, 0.15) is 72.5 Å². The van der Waals surface area contributed by atoms with Gasteiger partial charge in [0.25, 0.3) is 5.91 Å². The third kappa shape index (κ3) is 7.16. The fourth-order valence-corrected chi connectivity index (χ4v) is 6.37. The van der Waals surface area contributed by atoms with E-state index < -0.39 is 5.91 Å². The van der Waals surface area contributed by atoms with Crippen LogP contribution in [0.3, 0.4) is 0 Å². The van der Waals surface area contributed by atoms with Gasteiger partial charge in [0.1, 0.15) is 11.9 Å². The summed E-state index contributed by atoms with van der Waals surface area (Å²) in [6, 6.07) is 16.2. The molecule has 44 heavy (non-hydrogen) atoms. The molecule has 0 saturated carbocycles. The SMILES string of the molecule is NC(=O)c1ncc(N2CCCCC2)nc1Nc1ccc(C2CCN(Cc3cccc(NC4CCC(=O)NC4=O)c3)CC2)cc1. The minimum atomic E-state index is -0.606. The van der Waals surface area contributed by atoms with Crippen LogP contribution in [-0.4, -0.2) is 64.8 Å². The average molecular weight is 597 g/mol. The molecule has 2 aromatic carbocycles. The number of hydrogen-bond donors (Lipinski definition) is 4. The van der Waals surface area contributed by atoms with Crippen molar-refractivity contribution in [3.8, 4) is 0 Å². The first-order valence-electron chi connectivity index (χ1n) is 15.6. The van der Waals surface area contributed by atoms with Gasteiger partial charge in [-0.15, -0.1) is 0 Å². The van der Waals surface area contributed by atoms with Crippen LogP contribution in [0, 0.1) is 0 Å². The number of carbonyl (C=O) groups excluding carboxylic acids is 3. The summed E-state index contributed by atoms with van der Waals surface area (Å²) in [5.74, 6) is 0.551. The smallest absolute Gasteiger partial charge is 0.271 e. The Labute approximate surface area is 257 Å². The van der Waals surface area contributed by atoms with Gasteiger partial charge in [-0.1, -0.05) is 24.3 Å². The Morgan fingerprint density at radius 3 is 2.45 bits per heavy atom. The molecule has 1 unspecified atom stereocenters. The molecule has 3 fully saturated rings. The molecule has 0 aliphatic carbocycles. The van der Waals surface area contributed by atoms with Gasteiger partial charge in [-0.25, -0.2) is 9.97 Å². The molecular formula is C33H40N8O3. The normalized spacial score (nSPS) is 19.8. The fourth-order valence-electron chi connectivity index (χ4n) is 6.37. The zero-order valence-corrected chi connectivity index (χ0v) is 24.9. The van der Waals surface area contributed by atoms with Crippen LogP contribution in [0.25, 0.3) is 0 Å². The second kappa shape index (κ2) is 13.4. The average Bonchev–Trinajstić information content (AvgIpc) is 3.04. The molecule has 1 atom stereocenters. The van der Waals surface area contributed by atoms with E-state index in [1.165, 1.54) is 17.5 Å². The van der Waals surface area contributed by atoms with Crippen molar-refractivity contribution >= 4 is 40.7 Å². The molecule has 4 heterocycles. The maximum atomic E-state index is 12.1. The monoisotopic (exact) mass is 596 g/mol. The summed E-state index contributed by atoms with van der Waals surface area (Å²) < 4.78 is 0. The van der Waals surface area contributed by atoms with E-state index >= 15 is 0 Å². The maximum absolute atomic E-state index is 12.1. The summed E-state index contributed by atoms with van der Waals surface area (Å²) >= 11 is 0. The molecule has 0 radical (unpaired) electrons. The van der Waals surface area contributed by atoms with Crippen LogP contribution in [0.2, 0.25) is 0 Å². The van der Waals surface area contributed by atoms with Crippen LogP contribution < -0.4 is 26.6 Å². The first-order chi connectivity index (χ1) is 21.4. The van der Waals surface area contributed by atoms with E-state index in [0.29, 0.717) is 24.6 Å². The van der Waals surface area contributed by atoms with Crippen molar-refractivity contribution < 1.29 is 14.4 Å². The van der Waals surface area contributed by atoms with E-state index in [4.69, 9.17) is 10.7 Å². The molecule has 3 saturated heterocycles. The summed E-state index contributed by atoms with van der Waals surface area (Å²) in [5.41, 5.74) is 9.97. The molecule has 11 heteroatoms. The lowest BCUT2D eigenvalue weighted by atomic mass is 9.89. The molecule has 3 amide bonds. The summed E-state index contributed by atoms with van der Waals surface area (Å²) in [6.45, 7) is 4.71. The highest BCUT2D eigenvalue weighted by Gasteiger charge is 2.26. The predicted octanol–water partition coefficient (Wildman–Crippen LogP) is 3.91. The molecule has 0 spiro atoms. The van der Waals surface area contributed by atoms with Crippen molar-refractivity contribution in [1.82, 2.24) is 20.2 Å². The highest BCUT2D eigenvalue weighted by Crippen LogP contribution is 2.31. The molecule has 230 valence electrons. The predicted molar refractivity (Wildman–Crippen MR) is 170 cm³/mol. The molecular weight excluding hydrogens is 556 g/mol. The molecule has 3 aromatic rings. The highest BCUT2D eigenvalue weighted by atomic mass is 16.2. The van der Waals surface area contributed by atoms with Gasteiger partial charge in [-0.05, 0) is 92.9 Å². The standard InChI is InChI=1S/C33H40N8O3/c34-31(43)30-32(38-28(20-35-30)41-15-2-1-3-16-41)37-25-9-7-23(8-10-25)24-13-17-40(18-14-24)21-22-5-4-6-26(19-22)36-27-11-12-29(42)39-33(27)44/h4-10,19-20,24,27,36H,1-3,11-18,21H2,(H2,34,43)(H,37,38)(H,39,42,44). The van der Waals surface area contributed by atoms with Gasteiger partial charge in [0.2, 0.25) is 11.8 Å². The summed E-state index contributed by atoms with van der Waals surface area (Å²) in [6.07, 6.45) is 8.11. The number of carbonyl (C=O) groups is 3. The zero-order valence-electron chi connectivity index (χ0n) is 24.9. The Morgan fingerprint density at radius 1 is 0.955 bits per heavy atom. The van der Waals surface area contributed by atoms with Crippen molar-refractivity contribution in [2.45, 2.75) is 63.5 Å². The minimum absolute atomic E-state index is 0.138. The number of hydrogen-bond acceptors (Lipinski definition) is 9. The fraction of sp³-hybridized carbons (Fsp3) is 0.424. The van der Waals surface area contributed by atoms with Crippen LogP contribution in [0.5, 0.6) is 0 Å². The summed E-state index contributed by atoms with van der Waals surface area (Å²) in [7, 11) is 0. The topological polar surface area (TPSA) is 146 Å². The largest absolute Gasteiger partial charge is 0.374 e. The van der Waals surface area contributed by atoms with E-state index in [-0.39, 0.29) is 23.6 Å². The molecule has 3 aliphatic rings. The van der Waals surface area contributed by atoms with Crippen molar-refractivity contribution in [2.75, 3.05) is 41.7 Å². The van der Waals surface area contributed by atoms with Crippen LogP contribution >= 0.6 is 0 Å². The van der Waals surface area contributed by atoms with E-state index in [1.807, 2.05) is 24.3 Å². The van der Waals surface area contributed by atoms with Gasteiger partial charge in [-0.3, -0.25) is 24.6 Å². The van der Waals surface area contributed by atoms with Gasteiger partial charge in [0.15, 0.2) is 11.5 Å². The van der Waals surface area contributed by atoms with Gasteiger partial charge in [0, 0.05) is 37.4 Å². The van der Waals surface area contributed by atoms with Crippen LogP contribution in [0.15, 0.2) is 54.7 Å². The Morgan fingerprint density at radius 2 is 1.73 bits per heavy atom. The molecule has 3 aliphatic heterocycles. The maximum Gasteiger partial charge on any atom is 0.271 e. The van der Waals surface area contributed by atoms with Crippen LogP contribution in [-0.2, 0) is 16.1 Å². The Balaban J connectivity index is 1.03. The number of aromatic nitrogens is 2. The number of benzene rings is 2. The quantitative estimate of drug-likeness (QED) is 0.270. The molecule has 0 bridgehead atoms. The number of primary amides is 1. The number of anilines is 4. The number of nitrogens with one attached hydrogen (secondary N) is 3. The lowest BCUT2D eigenvalue weighted by molar-refractivity contribution is -0.133. The second-order valence-electron chi connectivity index (χ2n) is 12.0. The van der Waals surface area contributed by atoms with Gasteiger partial charge in [0.05, 0.1) is 6.20 Å². The van der Waals surface area contributed by atoms with Crippen molar-refractivity contribution in [3.05, 3.63) is 71.5 Å². The molecule has 6 rings (SSSR count). The van der Waals surface area contributed by atoms with Crippen molar-refractivity contribution in [3.63, 3.8) is 0 Å². The third-order valence-electron chi connectivity index (χ3n) is 8.82. The van der Waals surface area contributed by atoms with E-state index in [9.17, 15) is 14.4 Å². The summed E-state index contributed by atoms with van der Waals surface area (Å²) in [5, 5.41) is 8.97. The van der Waals surface area contributed by atoms with E-state index in [0.717, 1.165) is 75.6 Å². The van der Waals surface area contributed by atoms with Crippen molar-refractivity contribution in [1.29, 1.82) is 0 Å². The number of amides is 3. The van der Waals surface area contributed by atoms with Gasteiger partial charge >= 0.3 is 0 Å². The number of rotatable bonds is 9. The van der Waals surface area contributed by atoms with E-state index in [2.05, 4.69) is 55.0 Å². The third-order valence-corrected chi connectivity index (χ3v) is 8.82. The second-order valence-corrected chi connectivity index (χ2v) is 12.0. The summed E-state index contributed by atoms with van der Waals surface area (Å²) in [4.78, 5) is 49.4. The first kappa shape index (κ1) is 29.6. The Hall–Kier alpha value is -4.51. The highest BCUT2D eigenvalue weighted by molar-refractivity contribution is 6.01. The minimum Gasteiger partial charge on any atom is -0.374 e. The number of likely N-dealkylation sites (tertiary alicyclic amines) is 1. The lowest BCUT2D eigenvalue weighted by Gasteiger charge is -2.32. The van der Waals surface area contributed by atoms with Crippen molar-refractivity contribution in [2.24, 2.45) is 5.73 Å².